The van der Waals surface area contributed by atoms with Crippen LogP contribution in [0.5, 0.6) is 0 Å². The van der Waals surface area contributed by atoms with E-state index in [-0.39, 0.29) is 11.5 Å². The second-order valence-electron chi connectivity index (χ2n) is 3.59. The predicted molar refractivity (Wildman–Crippen MR) is 65.5 cm³/mol. The molecule has 1 aromatic carbocycles. The van der Waals surface area contributed by atoms with Gasteiger partial charge in [-0.2, -0.15) is 0 Å². The third-order valence-electron chi connectivity index (χ3n) is 2.55. The van der Waals surface area contributed by atoms with Gasteiger partial charge in [-0.15, -0.1) is 0 Å². The van der Waals surface area contributed by atoms with Crippen molar-refractivity contribution < 1.29 is 14.3 Å². The summed E-state index contributed by atoms with van der Waals surface area (Å²) in [5.74, 6) is -1.37. The van der Waals surface area contributed by atoms with Crippen molar-refractivity contribution in [3.63, 3.8) is 0 Å². The Hall–Kier alpha value is -1.62. The molecule has 0 saturated heterocycles. The number of hydrogen-bond acceptors (Lipinski definition) is 1. The van der Waals surface area contributed by atoms with Gasteiger partial charge in [0, 0.05) is 22.8 Å². The second kappa shape index (κ2) is 4.33. The Morgan fingerprint density at radius 1 is 1.35 bits per heavy atom. The summed E-state index contributed by atoms with van der Waals surface area (Å²) in [5, 5.41) is 8.94. The standard InChI is InChI=1S/C12H9BrFNO2/c1-15-10(4-5-11(15)12(16)17)8-6-7(14)2-3-9(8)13/h2-6H,1H3,(H,16,17). The molecule has 1 aromatic heterocycles. The second-order valence-corrected chi connectivity index (χ2v) is 4.45. The highest BCUT2D eigenvalue weighted by Gasteiger charge is 2.14. The summed E-state index contributed by atoms with van der Waals surface area (Å²) in [7, 11) is 1.64. The SMILES string of the molecule is Cn1c(C(=O)O)ccc1-c1cc(F)ccc1Br. The van der Waals surface area contributed by atoms with Gasteiger partial charge in [0.25, 0.3) is 0 Å². The number of hydrogen-bond donors (Lipinski definition) is 1. The number of aromatic nitrogens is 1. The van der Waals surface area contributed by atoms with E-state index in [0.717, 1.165) is 4.47 Å². The first kappa shape index (κ1) is 11.9. The predicted octanol–water partition coefficient (Wildman–Crippen LogP) is 3.29. The summed E-state index contributed by atoms with van der Waals surface area (Å²) in [6, 6.07) is 7.45. The fourth-order valence-corrected chi connectivity index (χ4v) is 2.14. The van der Waals surface area contributed by atoms with Crippen LogP contribution in [0.25, 0.3) is 11.3 Å². The zero-order chi connectivity index (χ0) is 12.6. The van der Waals surface area contributed by atoms with Gasteiger partial charge in [-0.25, -0.2) is 9.18 Å². The van der Waals surface area contributed by atoms with E-state index in [1.807, 2.05) is 0 Å². The number of rotatable bonds is 2. The maximum absolute atomic E-state index is 13.2. The van der Waals surface area contributed by atoms with E-state index in [1.54, 1.807) is 19.2 Å². The van der Waals surface area contributed by atoms with Crippen molar-refractivity contribution in [3.05, 3.63) is 46.3 Å². The number of halogens is 2. The first-order valence-electron chi connectivity index (χ1n) is 4.85. The molecule has 0 bridgehead atoms. The Morgan fingerprint density at radius 3 is 2.65 bits per heavy atom. The molecule has 1 heterocycles. The van der Waals surface area contributed by atoms with Crippen molar-refractivity contribution in [2.24, 2.45) is 7.05 Å². The number of aromatic carboxylic acids is 1. The molecular formula is C12H9BrFNO2. The van der Waals surface area contributed by atoms with Crippen molar-refractivity contribution in [1.82, 2.24) is 4.57 Å². The zero-order valence-corrected chi connectivity index (χ0v) is 10.5. The Labute approximate surface area is 106 Å². The number of benzene rings is 1. The lowest BCUT2D eigenvalue weighted by atomic mass is 10.1. The number of carboxylic acids is 1. The molecule has 3 nitrogen and oxygen atoms in total. The fourth-order valence-electron chi connectivity index (χ4n) is 1.69. The Balaban J connectivity index is 2.61. The van der Waals surface area contributed by atoms with Crippen LogP contribution in [0.3, 0.4) is 0 Å². The van der Waals surface area contributed by atoms with Gasteiger partial charge in [-0.05, 0) is 30.3 Å². The van der Waals surface area contributed by atoms with E-state index >= 15 is 0 Å². The molecule has 0 aliphatic rings. The van der Waals surface area contributed by atoms with E-state index in [2.05, 4.69) is 15.9 Å². The van der Waals surface area contributed by atoms with Gasteiger partial charge < -0.3 is 9.67 Å². The quantitative estimate of drug-likeness (QED) is 0.924. The van der Waals surface area contributed by atoms with E-state index in [1.165, 1.54) is 22.8 Å². The highest BCUT2D eigenvalue weighted by atomic mass is 79.9. The Kier molecular flexibility index (Phi) is 3.02. The van der Waals surface area contributed by atoms with Gasteiger partial charge in [-0.3, -0.25) is 0 Å². The van der Waals surface area contributed by atoms with Crippen molar-refractivity contribution >= 4 is 21.9 Å². The summed E-state index contributed by atoms with van der Waals surface area (Å²) in [4.78, 5) is 10.9. The van der Waals surface area contributed by atoms with E-state index in [0.29, 0.717) is 11.3 Å². The van der Waals surface area contributed by atoms with Gasteiger partial charge in [-0.1, -0.05) is 15.9 Å². The molecule has 0 amide bonds. The third kappa shape index (κ3) is 2.10. The lowest BCUT2D eigenvalue weighted by Gasteiger charge is -2.07. The molecule has 0 radical (unpaired) electrons. The van der Waals surface area contributed by atoms with Gasteiger partial charge >= 0.3 is 5.97 Å². The molecule has 88 valence electrons. The van der Waals surface area contributed by atoms with Crippen LogP contribution in [0.4, 0.5) is 4.39 Å². The first-order chi connectivity index (χ1) is 8.00. The summed E-state index contributed by atoms with van der Waals surface area (Å²) in [6.45, 7) is 0. The molecule has 0 saturated carbocycles. The van der Waals surface area contributed by atoms with E-state index < -0.39 is 5.97 Å². The average Bonchev–Trinajstić information content (AvgIpc) is 2.64. The fraction of sp³-hybridized carbons (Fsp3) is 0.0833. The molecule has 0 spiro atoms. The molecule has 0 fully saturated rings. The van der Waals surface area contributed by atoms with Crippen LogP contribution >= 0.6 is 15.9 Å². The minimum absolute atomic E-state index is 0.163. The lowest BCUT2D eigenvalue weighted by molar-refractivity contribution is 0.0687. The van der Waals surface area contributed by atoms with Crippen molar-refractivity contribution in [2.75, 3.05) is 0 Å². The highest BCUT2D eigenvalue weighted by Crippen LogP contribution is 2.29. The van der Waals surface area contributed by atoms with Crippen LogP contribution in [0, 0.1) is 5.82 Å². The van der Waals surface area contributed by atoms with Crippen molar-refractivity contribution in [1.29, 1.82) is 0 Å². The Bertz CT molecular complexity index is 592. The van der Waals surface area contributed by atoms with Crippen molar-refractivity contribution in [2.45, 2.75) is 0 Å². The van der Waals surface area contributed by atoms with Crippen LogP contribution in [0.15, 0.2) is 34.8 Å². The monoisotopic (exact) mass is 297 g/mol. The smallest absolute Gasteiger partial charge is 0.352 e. The summed E-state index contributed by atoms with van der Waals surface area (Å²) >= 11 is 3.32. The van der Waals surface area contributed by atoms with E-state index in [9.17, 15) is 9.18 Å². The minimum atomic E-state index is -1.01. The van der Waals surface area contributed by atoms with Gasteiger partial charge in [0.2, 0.25) is 0 Å². The minimum Gasteiger partial charge on any atom is -0.477 e. The van der Waals surface area contributed by atoms with Crippen LogP contribution in [-0.2, 0) is 7.05 Å². The van der Waals surface area contributed by atoms with Crippen LogP contribution in [-0.4, -0.2) is 15.6 Å². The maximum atomic E-state index is 13.2. The van der Waals surface area contributed by atoms with Crippen LogP contribution in [0.2, 0.25) is 0 Å². The Morgan fingerprint density at radius 2 is 2.06 bits per heavy atom. The number of nitrogens with zero attached hydrogens (tertiary/aromatic N) is 1. The molecular weight excluding hydrogens is 289 g/mol. The highest BCUT2D eigenvalue weighted by molar-refractivity contribution is 9.10. The molecule has 17 heavy (non-hydrogen) atoms. The maximum Gasteiger partial charge on any atom is 0.352 e. The van der Waals surface area contributed by atoms with Gasteiger partial charge in [0.15, 0.2) is 0 Å². The summed E-state index contributed by atoms with van der Waals surface area (Å²) < 4.78 is 15.4. The molecule has 0 aliphatic heterocycles. The van der Waals surface area contributed by atoms with Gasteiger partial charge in [0.1, 0.15) is 11.5 Å². The van der Waals surface area contributed by atoms with Crippen LogP contribution in [0.1, 0.15) is 10.5 Å². The topological polar surface area (TPSA) is 42.2 Å². The lowest BCUT2D eigenvalue weighted by Crippen LogP contribution is -2.05. The average molecular weight is 298 g/mol. The largest absolute Gasteiger partial charge is 0.477 e. The molecule has 5 heteroatoms. The van der Waals surface area contributed by atoms with Gasteiger partial charge in [0.05, 0.1) is 0 Å². The van der Waals surface area contributed by atoms with Crippen molar-refractivity contribution in [3.8, 4) is 11.3 Å². The first-order valence-corrected chi connectivity index (χ1v) is 5.64. The molecule has 1 N–H and O–H groups in total. The van der Waals surface area contributed by atoms with E-state index in [4.69, 9.17) is 5.11 Å². The molecule has 0 atom stereocenters. The normalized spacial score (nSPS) is 10.5. The molecule has 0 unspecified atom stereocenters. The summed E-state index contributed by atoms with van der Waals surface area (Å²) in [5.41, 5.74) is 1.44. The van der Waals surface area contributed by atoms with Crippen LogP contribution < -0.4 is 0 Å². The number of carboxylic acid groups (broad SMARTS) is 1. The summed E-state index contributed by atoms with van der Waals surface area (Å²) in [6.07, 6.45) is 0. The zero-order valence-electron chi connectivity index (χ0n) is 8.95. The molecule has 2 aromatic rings. The molecule has 0 aliphatic carbocycles. The number of carbonyl (C=O) groups is 1. The molecule has 2 rings (SSSR count). The third-order valence-corrected chi connectivity index (χ3v) is 3.24.